The predicted octanol–water partition coefficient (Wildman–Crippen LogP) is 3.99. The first-order chi connectivity index (χ1) is 10.7. The zero-order chi connectivity index (χ0) is 15.4. The Balaban J connectivity index is 1.82. The van der Waals surface area contributed by atoms with Crippen LogP contribution in [-0.2, 0) is 6.61 Å². The van der Waals surface area contributed by atoms with Gasteiger partial charge in [0.15, 0.2) is 0 Å². The van der Waals surface area contributed by atoms with E-state index in [1.807, 2.05) is 48.5 Å². The van der Waals surface area contributed by atoms with Gasteiger partial charge in [-0.25, -0.2) is 0 Å². The summed E-state index contributed by atoms with van der Waals surface area (Å²) in [7, 11) is 0. The molecule has 1 aromatic heterocycles. The Morgan fingerprint density at radius 2 is 2.00 bits per heavy atom. The number of hydrogen-bond donors (Lipinski definition) is 1. The Kier molecular flexibility index (Phi) is 3.87. The van der Waals surface area contributed by atoms with Crippen LogP contribution in [0.2, 0.25) is 0 Å². The number of nitro groups is 1. The smallest absolute Gasteiger partial charge is 0.235 e. The fraction of sp³-hybridized carbons (Fsp3) is 0.0588. The lowest BCUT2D eigenvalue weighted by molar-refractivity contribution is -0.400. The van der Waals surface area contributed by atoms with Gasteiger partial charge in [-0.1, -0.05) is 30.3 Å². The minimum atomic E-state index is -0.478. The minimum Gasteiger partial charge on any atom is -0.489 e. The van der Waals surface area contributed by atoms with Gasteiger partial charge in [0.2, 0.25) is 6.20 Å². The van der Waals surface area contributed by atoms with Crippen molar-refractivity contribution >= 4 is 17.0 Å². The van der Waals surface area contributed by atoms with E-state index in [0.717, 1.165) is 34.0 Å². The van der Waals surface area contributed by atoms with Gasteiger partial charge >= 0.3 is 0 Å². The molecule has 3 aromatic rings. The molecule has 0 radical (unpaired) electrons. The molecular formula is C17H14N2O3. The van der Waals surface area contributed by atoms with E-state index in [0.29, 0.717) is 6.61 Å². The molecule has 5 nitrogen and oxygen atoms in total. The number of nitrogens with one attached hydrogen (secondary N) is 1. The van der Waals surface area contributed by atoms with Crippen molar-refractivity contribution in [3.05, 3.63) is 82.2 Å². The summed E-state index contributed by atoms with van der Waals surface area (Å²) in [6.45, 7) is 0.483. The predicted molar refractivity (Wildman–Crippen MR) is 85.1 cm³/mol. The van der Waals surface area contributed by atoms with Gasteiger partial charge in [0.1, 0.15) is 12.4 Å². The van der Waals surface area contributed by atoms with Crippen LogP contribution in [0.15, 0.2) is 60.9 Å². The third-order valence-electron chi connectivity index (χ3n) is 3.31. The molecule has 0 unspecified atom stereocenters. The molecule has 0 saturated heterocycles. The summed E-state index contributed by atoms with van der Waals surface area (Å²) in [5, 5.41) is 11.3. The number of aromatic amines is 1. The first kappa shape index (κ1) is 13.9. The highest BCUT2D eigenvalue weighted by molar-refractivity contribution is 5.89. The third kappa shape index (κ3) is 3.15. The maximum atomic E-state index is 10.4. The van der Waals surface area contributed by atoms with E-state index >= 15 is 0 Å². The van der Waals surface area contributed by atoms with Crippen molar-refractivity contribution in [1.82, 2.24) is 4.98 Å². The topological polar surface area (TPSA) is 68.2 Å². The van der Waals surface area contributed by atoms with Crippen LogP contribution in [0.3, 0.4) is 0 Å². The van der Waals surface area contributed by atoms with Crippen LogP contribution in [0.5, 0.6) is 5.75 Å². The summed E-state index contributed by atoms with van der Waals surface area (Å²) >= 11 is 0. The lowest BCUT2D eigenvalue weighted by Gasteiger charge is -2.06. The quantitative estimate of drug-likeness (QED) is 0.571. The molecule has 2 aromatic carbocycles. The zero-order valence-electron chi connectivity index (χ0n) is 11.7. The van der Waals surface area contributed by atoms with Gasteiger partial charge in [0.05, 0.1) is 4.92 Å². The Morgan fingerprint density at radius 1 is 1.18 bits per heavy atom. The highest BCUT2D eigenvalue weighted by Gasteiger charge is 2.04. The van der Waals surface area contributed by atoms with Crippen molar-refractivity contribution in [3.63, 3.8) is 0 Å². The van der Waals surface area contributed by atoms with Gasteiger partial charge in [0, 0.05) is 28.7 Å². The first-order valence-electron chi connectivity index (χ1n) is 6.82. The summed E-state index contributed by atoms with van der Waals surface area (Å²) in [4.78, 5) is 13.0. The molecule has 0 bridgehead atoms. The van der Waals surface area contributed by atoms with Gasteiger partial charge < -0.3 is 9.72 Å². The van der Waals surface area contributed by atoms with Gasteiger partial charge in [-0.2, -0.15) is 0 Å². The second-order valence-electron chi connectivity index (χ2n) is 4.83. The Morgan fingerprint density at radius 3 is 2.77 bits per heavy atom. The first-order valence-corrected chi connectivity index (χ1v) is 6.82. The lowest BCUT2D eigenvalue weighted by atomic mass is 10.1. The number of nitrogens with zero attached hydrogens (tertiary/aromatic N) is 1. The molecule has 0 fully saturated rings. The van der Waals surface area contributed by atoms with Crippen LogP contribution in [-0.4, -0.2) is 9.91 Å². The second kappa shape index (κ2) is 6.13. The van der Waals surface area contributed by atoms with Crippen molar-refractivity contribution in [3.8, 4) is 5.75 Å². The molecule has 0 spiro atoms. The molecule has 0 saturated carbocycles. The number of benzene rings is 2. The molecule has 3 rings (SSSR count). The number of ether oxygens (including phenoxy) is 1. The molecule has 0 aliphatic heterocycles. The fourth-order valence-corrected chi connectivity index (χ4v) is 2.23. The molecule has 0 aliphatic carbocycles. The highest BCUT2D eigenvalue weighted by Crippen LogP contribution is 2.25. The number of rotatable bonds is 5. The second-order valence-corrected chi connectivity index (χ2v) is 4.83. The molecule has 0 atom stereocenters. The number of H-pyrrole nitrogens is 1. The van der Waals surface area contributed by atoms with Gasteiger partial charge in [0.25, 0.3) is 0 Å². The van der Waals surface area contributed by atoms with Crippen LogP contribution in [0.4, 0.5) is 0 Å². The van der Waals surface area contributed by atoms with E-state index in [-0.39, 0.29) is 0 Å². The fourth-order valence-electron chi connectivity index (χ4n) is 2.23. The molecule has 0 amide bonds. The SMILES string of the molecule is O=[N+]([O-])/C=C\c1c[nH]c2ccc(OCc3ccccc3)cc12. The molecule has 22 heavy (non-hydrogen) atoms. The monoisotopic (exact) mass is 294 g/mol. The van der Waals surface area contributed by atoms with E-state index in [2.05, 4.69) is 4.98 Å². The van der Waals surface area contributed by atoms with Gasteiger partial charge in [-0.3, -0.25) is 10.1 Å². The summed E-state index contributed by atoms with van der Waals surface area (Å²) in [6, 6.07) is 15.6. The Hall–Kier alpha value is -3.08. The third-order valence-corrected chi connectivity index (χ3v) is 3.31. The van der Waals surface area contributed by atoms with Crippen LogP contribution in [0.25, 0.3) is 17.0 Å². The van der Waals surface area contributed by atoms with E-state index in [4.69, 9.17) is 4.74 Å². The lowest BCUT2D eigenvalue weighted by Crippen LogP contribution is -1.94. The molecule has 1 heterocycles. The van der Waals surface area contributed by atoms with Crippen molar-refractivity contribution in [2.75, 3.05) is 0 Å². The molecule has 5 heteroatoms. The minimum absolute atomic E-state index is 0.478. The molecular weight excluding hydrogens is 280 g/mol. The number of hydrogen-bond acceptors (Lipinski definition) is 3. The van der Waals surface area contributed by atoms with Crippen molar-refractivity contribution in [1.29, 1.82) is 0 Å². The maximum Gasteiger partial charge on any atom is 0.235 e. The highest BCUT2D eigenvalue weighted by atomic mass is 16.6. The standard InChI is InChI=1S/C17H14N2O3/c20-19(21)9-8-14-11-18-17-7-6-15(10-16(14)17)22-12-13-4-2-1-3-5-13/h1-11,18H,12H2/b9-8-. The average Bonchev–Trinajstić information content (AvgIpc) is 2.94. The van der Waals surface area contributed by atoms with E-state index in [1.165, 1.54) is 6.08 Å². The Bertz CT molecular complexity index is 822. The van der Waals surface area contributed by atoms with Crippen molar-refractivity contribution in [2.24, 2.45) is 0 Å². The van der Waals surface area contributed by atoms with Gasteiger partial charge in [-0.05, 0) is 23.8 Å². The Labute approximate surface area is 127 Å². The summed E-state index contributed by atoms with van der Waals surface area (Å²) in [5.41, 5.74) is 2.76. The molecule has 1 N–H and O–H groups in total. The van der Waals surface area contributed by atoms with Gasteiger partial charge in [-0.15, -0.1) is 0 Å². The number of aromatic nitrogens is 1. The molecule has 0 aliphatic rings. The van der Waals surface area contributed by atoms with Crippen molar-refractivity contribution in [2.45, 2.75) is 6.61 Å². The zero-order valence-corrected chi connectivity index (χ0v) is 11.7. The van der Waals surface area contributed by atoms with E-state index < -0.39 is 4.92 Å². The van der Waals surface area contributed by atoms with E-state index in [9.17, 15) is 10.1 Å². The van der Waals surface area contributed by atoms with Crippen LogP contribution in [0, 0.1) is 10.1 Å². The summed E-state index contributed by atoms with van der Waals surface area (Å²) in [6.07, 6.45) is 4.14. The van der Waals surface area contributed by atoms with Crippen LogP contribution < -0.4 is 4.74 Å². The molecule has 110 valence electrons. The normalized spacial score (nSPS) is 11.1. The van der Waals surface area contributed by atoms with Crippen molar-refractivity contribution < 1.29 is 9.66 Å². The summed E-state index contributed by atoms with van der Waals surface area (Å²) in [5.74, 6) is 0.728. The van der Waals surface area contributed by atoms with Crippen LogP contribution >= 0.6 is 0 Å². The largest absolute Gasteiger partial charge is 0.489 e. The van der Waals surface area contributed by atoms with Crippen LogP contribution in [0.1, 0.15) is 11.1 Å². The maximum absolute atomic E-state index is 10.4. The number of fused-ring (bicyclic) bond motifs is 1. The van der Waals surface area contributed by atoms with E-state index in [1.54, 1.807) is 6.20 Å². The average molecular weight is 294 g/mol. The summed E-state index contributed by atoms with van der Waals surface area (Å²) < 4.78 is 5.78.